The second kappa shape index (κ2) is 9.09. The molecule has 0 bridgehead atoms. The molecule has 0 saturated carbocycles. The van der Waals surface area contributed by atoms with Crippen LogP contribution in [0.5, 0.6) is 0 Å². The first kappa shape index (κ1) is 18.8. The number of carbonyl (C=O) groups is 2. The van der Waals surface area contributed by atoms with Crippen LogP contribution in [0.25, 0.3) is 0 Å². The molecule has 3 rings (SSSR count). The molecular formula is C21H18O5S. The Labute approximate surface area is 161 Å². The Morgan fingerprint density at radius 1 is 1.00 bits per heavy atom. The molecule has 2 aromatic carbocycles. The van der Waals surface area contributed by atoms with Crippen LogP contribution in [0.1, 0.15) is 27.8 Å². The van der Waals surface area contributed by atoms with Crippen LogP contribution >= 0.6 is 11.8 Å². The van der Waals surface area contributed by atoms with Gasteiger partial charge >= 0.3 is 11.9 Å². The Morgan fingerprint density at radius 2 is 1.74 bits per heavy atom. The number of benzene rings is 2. The van der Waals surface area contributed by atoms with E-state index in [-0.39, 0.29) is 0 Å². The molecule has 1 heterocycles. The zero-order valence-electron chi connectivity index (χ0n) is 14.7. The maximum absolute atomic E-state index is 12.8. The maximum atomic E-state index is 12.8. The number of hydrogen-bond donors (Lipinski definition) is 0. The lowest BCUT2D eigenvalue weighted by atomic mass is 10.1. The maximum Gasteiger partial charge on any atom is 0.351 e. The summed E-state index contributed by atoms with van der Waals surface area (Å²) in [6.07, 6.45) is 0.489. The highest BCUT2D eigenvalue weighted by molar-refractivity contribution is 7.98. The fourth-order valence-corrected chi connectivity index (χ4v) is 3.41. The van der Waals surface area contributed by atoms with Crippen molar-refractivity contribution in [1.82, 2.24) is 0 Å². The summed E-state index contributed by atoms with van der Waals surface area (Å²) in [5, 5.41) is 0. The van der Waals surface area contributed by atoms with Crippen LogP contribution in [0.2, 0.25) is 0 Å². The minimum Gasteiger partial charge on any atom is -0.468 e. The molecule has 0 aliphatic heterocycles. The van der Waals surface area contributed by atoms with Crippen LogP contribution in [0.3, 0.4) is 0 Å². The molecule has 0 N–H and O–H groups in total. The summed E-state index contributed by atoms with van der Waals surface area (Å²) in [5.41, 5.74) is 0.942. The first-order valence-electron chi connectivity index (χ1n) is 8.27. The second-order valence-corrected chi connectivity index (χ2v) is 6.60. The van der Waals surface area contributed by atoms with E-state index in [0.717, 1.165) is 10.7 Å². The summed E-state index contributed by atoms with van der Waals surface area (Å²) in [6, 6.07) is 19.6. The molecule has 0 unspecified atom stereocenters. The fraction of sp³-hybridized carbons (Fsp3) is 0.143. The van der Waals surface area contributed by atoms with Gasteiger partial charge in [-0.15, -0.1) is 11.8 Å². The highest BCUT2D eigenvalue weighted by Crippen LogP contribution is 2.29. The van der Waals surface area contributed by atoms with Gasteiger partial charge in [0.15, 0.2) is 0 Å². The Balaban J connectivity index is 1.79. The predicted molar refractivity (Wildman–Crippen MR) is 101 cm³/mol. The first-order valence-corrected chi connectivity index (χ1v) is 9.25. The Bertz CT molecular complexity index is 890. The van der Waals surface area contributed by atoms with Crippen LogP contribution in [-0.2, 0) is 20.0 Å². The number of methoxy groups -OCH3 is 1. The first-order chi connectivity index (χ1) is 13.2. The minimum absolute atomic E-state index is 0.388. The molecular weight excluding hydrogens is 364 g/mol. The fourth-order valence-electron chi connectivity index (χ4n) is 2.46. The highest BCUT2D eigenvalue weighted by Gasteiger charge is 2.27. The number of rotatable bonds is 7. The van der Waals surface area contributed by atoms with Crippen molar-refractivity contribution in [3.8, 4) is 0 Å². The van der Waals surface area contributed by atoms with Crippen molar-refractivity contribution in [1.29, 1.82) is 0 Å². The minimum atomic E-state index is -1.12. The number of carbonyl (C=O) groups excluding carboxylic acids is 2. The molecule has 0 spiro atoms. The van der Waals surface area contributed by atoms with E-state index < -0.39 is 18.0 Å². The van der Waals surface area contributed by atoms with Crippen LogP contribution < -0.4 is 0 Å². The third-order valence-electron chi connectivity index (χ3n) is 3.80. The standard InChI is InChI=1S/C21H18O5S/c1-24-21(23)19(15-8-3-2-4-9-15)26-20(22)17-11-5-6-12-18(17)27-14-16-10-7-13-25-16/h2-13,19H,14H2,1H3/t19-/m0/s1. The monoisotopic (exact) mass is 382 g/mol. The molecule has 3 aromatic rings. The number of ether oxygens (including phenoxy) is 2. The van der Waals surface area contributed by atoms with E-state index in [2.05, 4.69) is 0 Å². The van der Waals surface area contributed by atoms with Crippen LogP contribution in [0.15, 0.2) is 82.3 Å². The predicted octanol–water partition coefficient (Wildman–Crippen LogP) is 4.64. The topological polar surface area (TPSA) is 65.7 Å². The number of esters is 2. The van der Waals surface area contributed by atoms with E-state index in [4.69, 9.17) is 13.9 Å². The Hall–Kier alpha value is -2.99. The lowest BCUT2D eigenvalue weighted by molar-refractivity contribution is -0.151. The van der Waals surface area contributed by atoms with Gasteiger partial charge < -0.3 is 13.9 Å². The van der Waals surface area contributed by atoms with Crippen molar-refractivity contribution in [2.75, 3.05) is 7.11 Å². The van der Waals surface area contributed by atoms with E-state index in [9.17, 15) is 9.59 Å². The van der Waals surface area contributed by atoms with Crippen LogP contribution in [-0.4, -0.2) is 19.0 Å². The third kappa shape index (κ3) is 4.80. The molecule has 6 heteroatoms. The normalized spacial score (nSPS) is 11.6. The zero-order chi connectivity index (χ0) is 19.1. The molecule has 0 radical (unpaired) electrons. The summed E-state index contributed by atoms with van der Waals surface area (Å²) < 4.78 is 15.6. The van der Waals surface area contributed by atoms with E-state index in [0.29, 0.717) is 16.9 Å². The van der Waals surface area contributed by atoms with E-state index in [1.165, 1.54) is 18.9 Å². The van der Waals surface area contributed by atoms with Crippen LogP contribution in [0.4, 0.5) is 0 Å². The zero-order valence-corrected chi connectivity index (χ0v) is 15.5. The largest absolute Gasteiger partial charge is 0.468 e. The smallest absolute Gasteiger partial charge is 0.351 e. The second-order valence-electron chi connectivity index (χ2n) is 5.58. The molecule has 1 atom stereocenters. The van der Waals surface area contributed by atoms with Gasteiger partial charge in [-0.05, 0) is 24.3 Å². The summed E-state index contributed by atoms with van der Waals surface area (Å²) >= 11 is 1.46. The van der Waals surface area contributed by atoms with E-state index in [1.807, 2.05) is 30.3 Å². The van der Waals surface area contributed by atoms with Crippen molar-refractivity contribution in [2.45, 2.75) is 16.8 Å². The summed E-state index contributed by atoms with van der Waals surface area (Å²) in [5.74, 6) is 0.170. The van der Waals surface area contributed by atoms with E-state index in [1.54, 1.807) is 42.7 Å². The number of thioether (sulfide) groups is 1. The SMILES string of the molecule is COC(=O)[C@@H](OC(=O)c1ccccc1SCc1ccco1)c1ccccc1. The van der Waals surface area contributed by atoms with Gasteiger partial charge in [-0.25, -0.2) is 9.59 Å². The summed E-state index contributed by atoms with van der Waals surface area (Å²) in [7, 11) is 1.26. The highest BCUT2D eigenvalue weighted by atomic mass is 32.2. The van der Waals surface area contributed by atoms with Gasteiger partial charge in [0.1, 0.15) is 5.76 Å². The van der Waals surface area contributed by atoms with Gasteiger partial charge in [0.25, 0.3) is 0 Å². The van der Waals surface area contributed by atoms with Gasteiger partial charge in [0, 0.05) is 10.5 Å². The lowest BCUT2D eigenvalue weighted by Gasteiger charge is -2.17. The molecule has 5 nitrogen and oxygen atoms in total. The van der Waals surface area contributed by atoms with Crippen molar-refractivity contribution in [3.05, 3.63) is 89.9 Å². The molecule has 1 aromatic heterocycles. The van der Waals surface area contributed by atoms with Crippen LogP contribution in [0, 0.1) is 0 Å². The van der Waals surface area contributed by atoms with Crippen molar-refractivity contribution >= 4 is 23.7 Å². The van der Waals surface area contributed by atoms with Gasteiger partial charge in [0.2, 0.25) is 6.10 Å². The molecule has 0 saturated heterocycles. The summed E-state index contributed by atoms with van der Waals surface area (Å²) in [4.78, 5) is 25.6. The molecule has 0 aliphatic rings. The van der Waals surface area contributed by atoms with Gasteiger partial charge in [-0.2, -0.15) is 0 Å². The number of hydrogen-bond acceptors (Lipinski definition) is 6. The molecule has 0 aliphatic carbocycles. The van der Waals surface area contributed by atoms with Crippen molar-refractivity contribution < 1.29 is 23.5 Å². The molecule has 0 fully saturated rings. The molecule has 27 heavy (non-hydrogen) atoms. The van der Waals surface area contributed by atoms with Gasteiger partial charge in [-0.1, -0.05) is 42.5 Å². The third-order valence-corrected chi connectivity index (χ3v) is 4.90. The lowest BCUT2D eigenvalue weighted by Crippen LogP contribution is -2.21. The average molecular weight is 382 g/mol. The molecule has 0 amide bonds. The van der Waals surface area contributed by atoms with Crippen molar-refractivity contribution in [2.24, 2.45) is 0 Å². The van der Waals surface area contributed by atoms with E-state index >= 15 is 0 Å². The quantitative estimate of drug-likeness (QED) is 0.438. The molecule has 138 valence electrons. The Morgan fingerprint density at radius 3 is 2.44 bits per heavy atom. The summed E-state index contributed by atoms with van der Waals surface area (Å²) in [6.45, 7) is 0. The van der Waals surface area contributed by atoms with Gasteiger partial charge in [-0.3, -0.25) is 0 Å². The Kier molecular flexibility index (Phi) is 6.33. The number of furan rings is 1. The van der Waals surface area contributed by atoms with Gasteiger partial charge in [0.05, 0.1) is 24.7 Å². The average Bonchev–Trinajstić information content (AvgIpc) is 3.24. The van der Waals surface area contributed by atoms with Crippen molar-refractivity contribution in [3.63, 3.8) is 0 Å².